The Balaban J connectivity index is 2.56. The Morgan fingerprint density at radius 1 is 1.43 bits per heavy atom. The van der Waals surface area contributed by atoms with E-state index < -0.39 is 0 Å². The van der Waals surface area contributed by atoms with E-state index in [9.17, 15) is 4.48 Å². The van der Waals surface area contributed by atoms with E-state index in [1.165, 1.54) is 6.34 Å². The van der Waals surface area contributed by atoms with Gasteiger partial charge in [0.1, 0.15) is 12.5 Å². The Morgan fingerprint density at radius 2 is 2.07 bits per heavy atom. The van der Waals surface area contributed by atoms with Gasteiger partial charge in [0.05, 0.1) is 0 Å². The molecule has 0 aromatic rings. The zero-order valence-electron chi connectivity index (χ0n) is 9.50. The van der Waals surface area contributed by atoms with Crippen LogP contribution in [0, 0.1) is 5.41 Å². The summed E-state index contributed by atoms with van der Waals surface area (Å²) in [6.07, 6.45) is 2.83. The fourth-order valence-corrected chi connectivity index (χ4v) is 1.57. The molecule has 4 heteroatoms. The molecule has 0 fully saturated rings. The third kappa shape index (κ3) is 2.86. The molecule has 1 aliphatic rings. The maximum absolute atomic E-state index is 13.3. The SMILES string of the molecule is CCCN1N=CN(F)C1CC(C)(C)C. The minimum Gasteiger partial charge on any atom is -0.270 e. The van der Waals surface area contributed by atoms with Gasteiger partial charge in [-0.3, -0.25) is 5.01 Å². The quantitative estimate of drug-likeness (QED) is 0.654. The Hall–Kier alpha value is -0.800. The lowest BCUT2D eigenvalue weighted by molar-refractivity contribution is -0.0168. The minimum absolute atomic E-state index is 0.120. The first-order valence-electron chi connectivity index (χ1n) is 5.19. The van der Waals surface area contributed by atoms with Crippen LogP contribution in [-0.4, -0.2) is 29.2 Å². The summed E-state index contributed by atoms with van der Waals surface area (Å²) in [5, 5.41) is 6.57. The van der Waals surface area contributed by atoms with E-state index in [1.807, 2.05) is 5.01 Å². The molecule has 0 bridgehead atoms. The van der Waals surface area contributed by atoms with Gasteiger partial charge in [0.25, 0.3) is 0 Å². The highest BCUT2D eigenvalue weighted by molar-refractivity contribution is 5.55. The van der Waals surface area contributed by atoms with Crippen LogP contribution in [0.15, 0.2) is 5.10 Å². The van der Waals surface area contributed by atoms with Gasteiger partial charge in [-0.25, -0.2) is 0 Å². The van der Waals surface area contributed by atoms with Crippen LogP contribution < -0.4 is 0 Å². The van der Waals surface area contributed by atoms with Crippen LogP contribution in [-0.2, 0) is 0 Å². The number of hydrogen-bond acceptors (Lipinski definition) is 3. The number of rotatable bonds is 3. The van der Waals surface area contributed by atoms with Crippen molar-refractivity contribution in [3.63, 3.8) is 0 Å². The van der Waals surface area contributed by atoms with Crippen molar-refractivity contribution in [3.8, 4) is 0 Å². The zero-order valence-corrected chi connectivity index (χ0v) is 9.50. The second-order valence-electron chi connectivity index (χ2n) is 4.98. The first-order valence-corrected chi connectivity index (χ1v) is 5.19. The molecule has 1 heterocycles. The molecule has 0 spiro atoms. The highest BCUT2D eigenvalue weighted by Crippen LogP contribution is 2.27. The Labute approximate surface area is 85.5 Å². The molecule has 1 aliphatic heterocycles. The normalized spacial score (nSPS) is 22.2. The molecule has 0 aromatic heterocycles. The Kier molecular flexibility index (Phi) is 3.34. The molecule has 0 amide bonds. The number of hydrazone groups is 1. The molecule has 0 radical (unpaired) electrons. The van der Waals surface area contributed by atoms with Crippen LogP contribution in [0.3, 0.4) is 0 Å². The lowest BCUT2D eigenvalue weighted by Crippen LogP contribution is -2.38. The zero-order chi connectivity index (χ0) is 10.8. The standard InChI is InChI=1S/C10H20FN3/c1-5-6-14-9(7-10(2,3)4)13(11)8-12-14/h8-9H,5-7H2,1-4H3. The van der Waals surface area contributed by atoms with Gasteiger partial charge in [0.15, 0.2) is 0 Å². The van der Waals surface area contributed by atoms with E-state index in [0.29, 0.717) is 5.12 Å². The molecule has 82 valence electrons. The summed E-state index contributed by atoms with van der Waals surface area (Å²) in [4.78, 5) is 0. The minimum atomic E-state index is -0.213. The van der Waals surface area contributed by atoms with Gasteiger partial charge >= 0.3 is 0 Å². The van der Waals surface area contributed by atoms with Gasteiger partial charge in [0.2, 0.25) is 0 Å². The summed E-state index contributed by atoms with van der Waals surface area (Å²) in [6, 6.07) is 0. The predicted octanol–water partition coefficient (Wildman–Crippen LogP) is 2.60. The number of nitrogens with zero attached hydrogens (tertiary/aromatic N) is 3. The lowest BCUT2D eigenvalue weighted by Gasteiger charge is -2.30. The van der Waals surface area contributed by atoms with Crippen LogP contribution >= 0.6 is 0 Å². The third-order valence-corrected chi connectivity index (χ3v) is 2.19. The van der Waals surface area contributed by atoms with Crippen LogP contribution in [0.4, 0.5) is 4.48 Å². The maximum Gasteiger partial charge on any atom is 0.150 e. The average molecular weight is 201 g/mol. The smallest absolute Gasteiger partial charge is 0.150 e. The molecular formula is C10H20FN3. The largest absolute Gasteiger partial charge is 0.270 e. The van der Waals surface area contributed by atoms with Crippen molar-refractivity contribution in [2.24, 2.45) is 10.5 Å². The van der Waals surface area contributed by atoms with Crippen molar-refractivity contribution >= 4 is 6.34 Å². The topological polar surface area (TPSA) is 18.8 Å². The molecule has 3 nitrogen and oxygen atoms in total. The predicted molar refractivity (Wildman–Crippen MR) is 56.3 cm³/mol. The highest BCUT2D eigenvalue weighted by Gasteiger charge is 2.31. The average Bonchev–Trinajstić information content (AvgIpc) is 2.34. The highest BCUT2D eigenvalue weighted by atomic mass is 19.2. The monoisotopic (exact) mass is 201 g/mol. The molecule has 0 saturated heterocycles. The van der Waals surface area contributed by atoms with Gasteiger partial charge in [-0.05, 0) is 18.3 Å². The van der Waals surface area contributed by atoms with E-state index in [4.69, 9.17) is 0 Å². The van der Waals surface area contributed by atoms with Gasteiger partial charge in [-0.1, -0.05) is 32.2 Å². The van der Waals surface area contributed by atoms with Gasteiger partial charge in [-0.15, -0.1) is 0 Å². The van der Waals surface area contributed by atoms with Crippen molar-refractivity contribution < 1.29 is 4.48 Å². The Morgan fingerprint density at radius 3 is 2.57 bits per heavy atom. The summed E-state index contributed by atoms with van der Waals surface area (Å²) >= 11 is 0. The molecule has 1 unspecified atom stereocenters. The van der Waals surface area contributed by atoms with E-state index in [-0.39, 0.29) is 11.6 Å². The molecular weight excluding hydrogens is 181 g/mol. The second-order valence-corrected chi connectivity index (χ2v) is 4.98. The van der Waals surface area contributed by atoms with Crippen LogP contribution in [0.1, 0.15) is 40.5 Å². The molecule has 0 aliphatic carbocycles. The second kappa shape index (κ2) is 4.15. The third-order valence-electron chi connectivity index (χ3n) is 2.19. The maximum atomic E-state index is 13.3. The summed E-state index contributed by atoms with van der Waals surface area (Å²) in [5.41, 5.74) is 0.120. The molecule has 0 saturated carbocycles. The van der Waals surface area contributed by atoms with Crippen molar-refractivity contribution in [1.29, 1.82) is 0 Å². The first kappa shape index (κ1) is 11.3. The number of halogens is 1. The number of hydrogen-bond donors (Lipinski definition) is 0. The molecule has 0 aromatic carbocycles. The van der Waals surface area contributed by atoms with Gasteiger partial charge < -0.3 is 0 Å². The van der Waals surface area contributed by atoms with Crippen molar-refractivity contribution in [2.45, 2.75) is 46.7 Å². The summed E-state index contributed by atoms with van der Waals surface area (Å²) in [5.74, 6) is 0. The van der Waals surface area contributed by atoms with Crippen molar-refractivity contribution in [2.75, 3.05) is 6.54 Å². The van der Waals surface area contributed by atoms with Crippen LogP contribution in [0.2, 0.25) is 0 Å². The molecule has 14 heavy (non-hydrogen) atoms. The van der Waals surface area contributed by atoms with Gasteiger partial charge in [-0.2, -0.15) is 10.2 Å². The van der Waals surface area contributed by atoms with Crippen LogP contribution in [0.5, 0.6) is 0 Å². The van der Waals surface area contributed by atoms with Gasteiger partial charge in [0, 0.05) is 6.54 Å². The molecule has 1 atom stereocenters. The van der Waals surface area contributed by atoms with Crippen molar-refractivity contribution in [1.82, 2.24) is 10.1 Å². The summed E-state index contributed by atoms with van der Waals surface area (Å²) < 4.78 is 13.3. The first-order chi connectivity index (χ1) is 6.44. The summed E-state index contributed by atoms with van der Waals surface area (Å²) in [7, 11) is 0. The molecule has 1 rings (SSSR count). The lowest BCUT2D eigenvalue weighted by atomic mass is 9.90. The fourth-order valence-electron chi connectivity index (χ4n) is 1.57. The van der Waals surface area contributed by atoms with E-state index in [0.717, 1.165) is 19.4 Å². The van der Waals surface area contributed by atoms with E-state index >= 15 is 0 Å². The van der Waals surface area contributed by atoms with E-state index in [1.54, 1.807) is 0 Å². The van der Waals surface area contributed by atoms with Crippen molar-refractivity contribution in [3.05, 3.63) is 0 Å². The molecule has 0 N–H and O–H groups in total. The fraction of sp³-hybridized carbons (Fsp3) is 0.900. The van der Waals surface area contributed by atoms with E-state index in [2.05, 4.69) is 32.8 Å². The Bertz CT molecular complexity index is 210. The summed E-state index contributed by atoms with van der Waals surface area (Å²) in [6.45, 7) is 9.23. The van der Waals surface area contributed by atoms with Crippen LogP contribution in [0.25, 0.3) is 0 Å².